The highest BCUT2D eigenvalue weighted by atomic mass is 16.2. The smallest absolute Gasteiger partial charge is 0.257 e. The lowest BCUT2D eigenvalue weighted by atomic mass is 9.95. The summed E-state index contributed by atoms with van der Waals surface area (Å²) in [6.45, 7) is 0. The second-order valence-corrected chi connectivity index (χ2v) is 4.63. The second-order valence-electron chi connectivity index (χ2n) is 4.63. The van der Waals surface area contributed by atoms with E-state index in [0.717, 1.165) is 18.4 Å². The Kier molecular flexibility index (Phi) is 3.97. The number of carbonyl (C=O) groups is 1. The molecule has 0 atom stereocenters. The number of carbonyl (C=O) groups excluding carboxylic acids is 1. The molecule has 0 bridgehead atoms. The molecule has 2 heteroatoms. The van der Waals surface area contributed by atoms with Crippen LogP contribution >= 0.6 is 0 Å². The van der Waals surface area contributed by atoms with E-state index in [4.69, 9.17) is 0 Å². The minimum Gasteiger partial charge on any atom is -0.318 e. The predicted molar refractivity (Wildman–Crippen MR) is 69.7 cm³/mol. The summed E-state index contributed by atoms with van der Waals surface area (Å²) < 4.78 is 0. The van der Waals surface area contributed by atoms with E-state index in [-0.39, 0.29) is 5.91 Å². The van der Waals surface area contributed by atoms with E-state index in [9.17, 15) is 4.79 Å². The molecule has 0 N–H and O–H groups in total. The van der Waals surface area contributed by atoms with Crippen molar-refractivity contribution in [2.75, 3.05) is 7.05 Å². The average molecular weight is 229 g/mol. The first kappa shape index (κ1) is 11.9. The molecule has 1 amide bonds. The van der Waals surface area contributed by atoms with Gasteiger partial charge in [0.05, 0.1) is 0 Å². The standard InChI is InChI=1S/C15H19NO/c1-16(12-13-8-4-2-5-9-13)15(17)14-10-6-3-7-11-14/h3,6-7,10-12H,2,4-5,8-9H2,1H3. The Morgan fingerprint density at radius 1 is 1.12 bits per heavy atom. The van der Waals surface area contributed by atoms with Gasteiger partial charge in [-0.2, -0.15) is 0 Å². The molecule has 2 nitrogen and oxygen atoms in total. The molecule has 0 heterocycles. The Labute approximate surface area is 103 Å². The van der Waals surface area contributed by atoms with Crippen molar-refractivity contribution in [1.82, 2.24) is 4.90 Å². The van der Waals surface area contributed by atoms with Crippen molar-refractivity contribution in [3.05, 3.63) is 47.7 Å². The van der Waals surface area contributed by atoms with E-state index in [1.54, 1.807) is 4.90 Å². The normalized spacial score (nSPS) is 15.5. The van der Waals surface area contributed by atoms with Gasteiger partial charge in [-0.05, 0) is 37.8 Å². The molecule has 0 saturated heterocycles. The third-order valence-corrected chi connectivity index (χ3v) is 3.21. The Morgan fingerprint density at radius 3 is 2.41 bits per heavy atom. The van der Waals surface area contributed by atoms with Crippen LogP contribution in [0, 0.1) is 0 Å². The molecular weight excluding hydrogens is 210 g/mol. The summed E-state index contributed by atoms with van der Waals surface area (Å²) in [6.07, 6.45) is 8.17. The summed E-state index contributed by atoms with van der Waals surface area (Å²) in [5.74, 6) is 0.0728. The highest BCUT2D eigenvalue weighted by molar-refractivity contribution is 5.94. The Balaban J connectivity index is 2.04. The van der Waals surface area contributed by atoms with Gasteiger partial charge in [0.1, 0.15) is 0 Å². The van der Waals surface area contributed by atoms with Crippen molar-refractivity contribution in [1.29, 1.82) is 0 Å². The SMILES string of the molecule is CN(C=C1CCCCC1)C(=O)c1ccccc1. The highest BCUT2D eigenvalue weighted by Gasteiger charge is 2.11. The quantitative estimate of drug-likeness (QED) is 0.758. The van der Waals surface area contributed by atoms with Gasteiger partial charge in [0, 0.05) is 18.8 Å². The van der Waals surface area contributed by atoms with E-state index in [2.05, 4.69) is 0 Å². The lowest BCUT2D eigenvalue weighted by Gasteiger charge is -2.18. The predicted octanol–water partition coefficient (Wildman–Crippen LogP) is 3.61. The zero-order valence-corrected chi connectivity index (χ0v) is 10.4. The summed E-state index contributed by atoms with van der Waals surface area (Å²) in [6, 6.07) is 9.44. The van der Waals surface area contributed by atoms with Gasteiger partial charge >= 0.3 is 0 Å². The van der Waals surface area contributed by atoms with E-state index < -0.39 is 0 Å². The fourth-order valence-electron chi connectivity index (χ4n) is 2.25. The highest BCUT2D eigenvalue weighted by Crippen LogP contribution is 2.23. The molecule has 1 aromatic rings. The van der Waals surface area contributed by atoms with E-state index in [0.29, 0.717) is 0 Å². The zero-order chi connectivity index (χ0) is 12.1. The molecule has 1 fully saturated rings. The zero-order valence-electron chi connectivity index (χ0n) is 10.4. The van der Waals surface area contributed by atoms with Crippen LogP contribution in [0.1, 0.15) is 42.5 Å². The van der Waals surface area contributed by atoms with Crippen molar-refractivity contribution in [2.45, 2.75) is 32.1 Å². The maximum atomic E-state index is 12.1. The number of benzene rings is 1. The van der Waals surface area contributed by atoms with Crippen molar-refractivity contribution in [3.8, 4) is 0 Å². The van der Waals surface area contributed by atoms with Crippen molar-refractivity contribution in [2.24, 2.45) is 0 Å². The molecule has 0 spiro atoms. The molecule has 1 aliphatic carbocycles. The molecule has 0 unspecified atom stereocenters. The summed E-state index contributed by atoms with van der Waals surface area (Å²) in [5, 5.41) is 0. The maximum absolute atomic E-state index is 12.1. The number of hydrogen-bond acceptors (Lipinski definition) is 1. The Bertz CT molecular complexity index is 400. The van der Waals surface area contributed by atoms with Crippen LogP contribution in [-0.2, 0) is 0 Å². The fourth-order valence-corrected chi connectivity index (χ4v) is 2.25. The van der Waals surface area contributed by atoms with Gasteiger partial charge in [0.25, 0.3) is 5.91 Å². The van der Waals surface area contributed by atoms with E-state index in [1.807, 2.05) is 43.6 Å². The first-order chi connectivity index (χ1) is 8.27. The molecule has 0 aromatic heterocycles. The molecule has 17 heavy (non-hydrogen) atoms. The summed E-state index contributed by atoms with van der Waals surface area (Å²) >= 11 is 0. The molecular formula is C15H19NO. The molecule has 1 aliphatic rings. The second kappa shape index (κ2) is 5.67. The number of allylic oxidation sites excluding steroid dienone is 1. The van der Waals surface area contributed by atoms with Crippen molar-refractivity contribution >= 4 is 5.91 Å². The van der Waals surface area contributed by atoms with E-state index in [1.165, 1.54) is 24.8 Å². The Hall–Kier alpha value is -1.57. The first-order valence-corrected chi connectivity index (χ1v) is 6.29. The minimum absolute atomic E-state index is 0.0728. The first-order valence-electron chi connectivity index (χ1n) is 6.29. The molecule has 1 saturated carbocycles. The van der Waals surface area contributed by atoms with Crippen LogP contribution in [0.3, 0.4) is 0 Å². The van der Waals surface area contributed by atoms with Gasteiger partial charge in [-0.15, -0.1) is 0 Å². The van der Waals surface area contributed by atoms with Gasteiger partial charge in [-0.1, -0.05) is 30.2 Å². The van der Waals surface area contributed by atoms with Gasteiger partial charge in [0.15, 0.2) is 0 Å². The Morgan fingerprint density at radius 2 is 1.76 bits per heavy atom. The van der Waals surface area contributed by atoms with Crippen molar-refractivity contribution < 1.29 is 4.79 Å². The van der Waals surface area contributed by atoms with Gasteiger partial charge < -0.3 is 4.90 Å². The molecule has 0 radical (unpaired) electrons. The lowest BCUT2D eigenvalue weighted by Crippen LogP contribution is -2.21. The third kappa shape index (κ3) is 3.19. The van der Waals surface area contributed by atoms with Crippen LogP contribution in [0.15, 0.2) is 42.1 Å². The van der Waals surface area contributed by atoms with Gasteiger partial charge in [-0.25, -0.2) is 0 Å². The molecule has 2 rings (SSSR count). The number of hydrogen-bond donors (Lipinski definition) is 0. The summed E-state index contributed by atoms with van der Waals surface area (Å²) in [5.41, 5.74) is 2.16. The van der Waals surface area contributed by atoms with E-state index >= 15 is 0 Å². The van der Waals surface area contributed by atoms with Gasteiger partial charge in [-0.3, -0.25) is 4.79 Å². The maximum Gasteiger partial charge on any atom is 0.257 e. The largest absolute Gasteiger partial charge is 0.318 e. The van der Waals surface area contributed by atoms with Crippen LogP contribution in [0.2, 0.25) is 0 Å². The van der Waals surface area contributed by atoms with Crippen LogP contribution in [0.5, 0.6) is 0 Å². The molecule has 0 aliphatic heterocycles. The summed E-state index contributed by atoms with van der Waals surface area (Å²) in [4.78, 5) is 13.8. The number of amides is 1. The average Bonchev–Trinajstić information content (AvgIpc) is 2.40. The molecule has 90 valence electrons. The topological polar surface area (TPSA) is 20.3 Å². The van der Waals surface area contributed by atoms with Crippen LogP contribution in [-0.4, -0.2) is 17.9 Å². The molecule has 1 aromatic carbocycles. The lowest BCUT2D eigenvalue weighted by molar-refractivity contribution is 0.0848. The number of rotatable bonds is 2. The number of nitrogens with zero attached hydrogens (tertiary/aromatic N) is 1. The van der Waals surface area contributed by atoms with Crippen molar-refractivity contribution in [3.63, 3.8) is 0 Å². The fraction of sp³-hybridized carbons (Fsp3) is 0.400. The van der Waals surface area contributed by atoms with Crippen LogP contribution in [0.25, 0.3) is 0 Å². The van der Waals surface area contributed by atoms with Gasteiger partial charge in [0.2, 0.25) is 0 Å². The monoisotopic (exact) mass is 229 g/mol. The summed E-state index contributed by atoms with van der Waals surface area (Å²) in [7, 11) is 1.84. The van der Waals surface area contributed by atoms with Crippen LogP contribution < -0.4 is 0 Å². The third-order valence-electron chi connectivity index (χ3n) is 3.21. The minimum atomic E-state index is 0.0728. The van der Waals surface area contributed by atoms with Crippen LogP contribution in [0.4, 0.5) is 0 Å².